The van der Waals surface area contributed by atoms with Gasteiger partial charge in [0, 0.05) is 100 Å². The average Bonchev–Trinajstić information content (AvgIpc) is 3.38. The second-order valence-electron chi connectivity index (χ2n) is 13.8. The summed E-state index contributed by atoms with van der Waals surface area (Å²) in [6.07, 6.45) is 2.81. The van der Waals surface area contributed by atoms with Crippen LogP contribution in [0.1, 0.15) is 67.2 Å². The Balaban J connectivity index is 1.21. The maximum Gasteiger partial charge on any atom is 0.414 e. The third-order valence-electron chi connectivity index (χ3n) is 10.4. The predicted octanol–water partition coefficient (Wildman–Crippen LogP) is 4.73. The number of nitrogens with zero attached hydrogens (tertiary/aromatic N) is 5. The number of aromatic nitrogens is 1. The van der Waals surface area contributed by atoms with Gasteiger partial charge in [-0.25, -0.2) is 4.79 Å². The molecule has 244 valence electrons. The first-order chi connectivity index (χ1) is 21.2. The van der Waals surface area contributed by atoms with E-state index in [1.54, 1.807) is 29.7 Å². The summed E-state index contributed by atoms with van der Waals surface area (Å²) in [6, 6.07) is 7.33. The highest BCUT2D eigenvalue weighted by Crippen LogP contribution is 2.51. The van der Waals surface area contributed by atoms with Gasteiger partial charge in [0.1, 0.15) is 11.7 Å². The summed E-state index contributed by atoms with van der Waals surface area (Å²) in [5.41, 5.74) is 3.21. The number of likely N-dealkylation sites (tertiary alicyclic amines) is 3. The maximum absolute atomic E-state index is 13.6. The van der Waals surface area contributed by atoms with Crippen molar-refractivity contribution in [1.29, 1.82) is 0 Å². The van der Waals surface area contributed by atoms with E-state index >= 15 is 0 Å². The number of amides is 3. The molecule has 10 nitrogen and oxygen atoms in total. The van der Waals surface area contributed by atoms with Gasteiger partial charge in [-0.2, -0.15) is 4.73 Å². The standard InChI is InChI=1S/C34H46ClN5O5/c1-23-8-9-27(18-29(23)35)39(32(43)45-28-11-15-37(16-12-28)26(4)41)14-7-13-36-19-33(5)21-38(22-34(33,6)20-36)31(42)30-24(2)10-17-40(44)25(30)3/h8-10,17-18,28H,7,11-16,19-22H2,1-6H3. The third kappa shape index (κ3) is 6.63. The number of rotatable bonds is 7. The zero-order valence-corrected chi connectivity index (χ0v) is 28.2. The number of carbonyl (C=O) groups excluding carboxylic acids is 3. The van der Waals surface area contributed by atoms with Gasteiger partial charge in [0.25, 0.3) is 5.91 Å². The van der Waals surface area contributed by atoms with E-state index in [2.05, 4.69) is 18.7 Å². The SMILES string of the molecule is CC(=O)N1CCC(OC(=O)N(CCCN2CC3(C)CN(C(=O)c4c(C)cc[n+]([O-])c4C)CC3(C)C2)c2ccc(C)c(Cl)c2)CC1. The lowest BCUT2D eigenvalue weighted by molar-refractivity contribution is -0.612. The summed E-state index contributed by atoms with van der Waals surface area (Å²) in [4.78, 5) is 46.6. The number of hydrogen-bond acceptors (Lipinski definition) is 6. The van der Waals surface area contributed by atoms with Crippen LogP contribution in [0.2, 0.25) is 5.02 Å². The van der Waals surface area contributed by atoms with E-state index < -0.39 is 6.09 Å². The van der Waals surface area contributed by atoms with Gasteiger partial charge >= 0.3 is 6.09 Å². The molecular weight excluding hydrogens is 594 g/mol. The Bertz CT molecular complexity index is 1460. The quantitative estimate of drug-likeness (QED) is 0.321. The van der Waals surface area contributed by atoms with Gasteiger partial charge < -0.3 is 24.6 Å². The van der Waals surface area contributed by atoms with Crippen molar-refractivity contribution < 1.29 is 23.9 Å². The van der Waals surface area contributed by atoms with E-state index in [4.69, 9.17) is 16.3 Å². The van der Waals surface area contributed by atoms with E-state index in [0.29, 0.717) is 67.5 Å². The number of benzene rings is 1. The summed E-state index contributed by atoms with van der Waals surface area (Å²) in [6.45, 7) is 17.0. The van der Waals surface area contributed by atoms with Crippen molar-refractivity contribution in [2.24, 2.45) is 10.8 Å². The highest BCUT2D eigenvalue weighted by molar-refractivity contribution is 6.31. The van der Waals surface area contributed by atoms with E-state index in [1.807, 2.05) is 36.9 Å². The Labute approximate surface area is 271 Å². The Kier molecular flexibility index (Phi) is 9.38. The van der Waals surface area contributed by atoms with Gasteiger partial charge in [0.15, 0.2) is 6.20 Å². The van der Waals surface area contributed by atoms with Crippen LogP contribution in [-0.2, 0) is 9.53 Å². The number of anilines is 1. The molecule has 2 aromatic rings. The predicted molar refractivity (Wildman–Crippen MR) is 173 cm³/mol. The molecule has 3 fully saturated rings. The summed E-state index contributed by atoms with van der Waals surface area (Å²) in [5, 5.41) is 12.8. The largest absolute Gasteiger partial charge is 0.618 e. The van der Waals surface area contributed by atoms with Crippen LogP contribution in [0.3, 0.4) is 0 Å². The van der Waals surface area contributed by atoms with Crippen LogP contribution >= 0.6 is 11.6 Å². The van der Waals surface area contributed by atoms with Gasteiger partial charge in [-0.15, -0.1) is 0 Å². The van der Waals surface area contributed by atoms with Crippen LogP contribution in [0.5, 0.6) is 0 Å². The van der Waals surface area contributed by atoms with Gasteiger partial charge in [0.2, 0.25) is 11.6 Å². The molecule has 11 heteroatoms. The molecule has 1 aromatic carbocycles. The lowest BCUT2D eigenvalue weighted by atomic mass is 9.71. The molecule has 0 aliphatic carbocycles. The van der Waals surface area contributed by atoms with Gasteiger partial charge in [0.05, 0.1) is 0 Å². The summed E-state index contributed by atoms with van der Waals surface area (Å²) >= 11 is 6.45. The van der Waals surface area contributed by atoms with Crippen LogP contribution in [-0.4, -0.2) is 91.1 Å². The second-order valence-corrected chi connectivity index (χ2v) is 14.2. The Morgan fingerprint density at radius 1 is 1.00 bits per heavy atom. The number of aryl methyl sites for hydroxylation is 2. The third-order valence-corrected chi connectivity index (χ3v) is 10.8. The van der Waals surface area contributed by atoms with E-state index in [1.165, 1.54) is 6.20 Å². The summed E-state index contributed by atoms with van der Waals surface area (Å²) in [5.74, 6) is -0.0291. The summed E-state index contributed by atoms with van der Waals surface area (Å²) < 4.78 is 6.72. The Morgan fingerprint density at radius 3 is 2.24 bits per heavy atom. The molecule has 1 aromatic heterocycles. The zero-order chi connectivity index (χ0) is 32.7. The zero-order valence-electron chi connectivity index (χ0n) is 27.4. The Morgan fingerprint density at radius 2 is 1.64 bits per heavy atom. The number of fused-ring (bicyclic) bond motifs is 1. The van der Waals surface area contributed by atoms with Crippen molar-refractivity contribution in [3.05, 3.63) is 63.1 Å². The molecule has 0 bridgehead atoms. The molecule has 0 radical (unpaired) electrons. The Hall–Kier alpha value is -3.37. The molecule has 2 unspecified atom stereocenters. The fraction of sp³-hybridized carbons (Fsp3) is 0.588. The molecule has 3 saturated heterocycles. The first kappa shape index (κ1) is 33.0. The number of carbonyl (C=O) groups is 3. The molecule has 3 aliphatic rings. The van der Waals surface area contributed by atoms with Crippen molar-refractivity contribution in [3.8, 4) is 0 Å². The van der Waals surface area contributed by atoms with Gasteiger partial charge in [-0.3, -0.25) is 14.5 Å². The van der Waals surface area contributed by atoms with Gasteiger partial charge in [-0.05, 0) is 50.1 Å². The number of ether oxygens (including phenoxy) is 1. The van der Waals surface area contributed by atoms with Crippen LogP contribution in [0.4, 0.5) is 10.5 Å². The molecule has 3 amide bonds. The lowest BCUT2D eigenvalue weighted by Crippen LogP contribution is -2.43. The van der Waals surface area contributed by atoms with E-state index in [0.717, 1.165) is 41.9 Å². The minimum Gasteiger partial charge on any atom is -0.618 e. The molecule has 4 heterocycles. The van der Waals surface area contributed by atoms with Crippen LogP contribution in [0.25, 0.3) is 0 Å². The first-order valence-corrected chi connectivity index (χ1v) is 16.3. The van der Waals surface area contributed by atoms with Crippen molar-refractivity contribution in [1.82, 2.24) is 14.7 Å². The number of hydrogen-bond donors (Lipinski definition) is 0. The fourth-order valence-electron chi connectivity index (χ4n) is 7.38. The highest BCUT2D eigenvalue weighted by atomic mass is 35.5. The monoisotopic (exact) mass is 639 g/mol. The van der Waals surface area contributed by atoms with E-state index in [-0.39, 0.29) is 28.7 Å². The first-order valence-electron chi connectivity index (χ1n) is 15.9. The molecule has 0 saturated carbocycles. The van der Waals surface area contributed by atoms with Crippen LogP contribution in [0.15, 0.2) is 30.5 Å². The molecule has 45 heavy (non-hydrogen) atoms. The molecule has 0 N–H and O–H groups in total. The number of halogens is 1. The van der Waals surface area contributed by atoms with Crippen LogP contribution < -0.4 is 9.63 Å². The highest BCUT2D eigenvalue weighted by Gasteiger charge is 2.58. The molecule has 0 spiro atoms. The number of pyridine rings is 1. The smallest absolute Gasteiger partial charge is 0.414 e. The van der Waals surface area contributed by atoms with Crippen LogP contribution in [0, 0.1) is 36.8 Å². The normalized spacial score (nSPS) is 23.7. The van der Waals surface area contributed by atoms with Crippen molar-refractivity contribution in [2.45, 2.75) is 66.9 Å². The molecule has 2 atom stereocenters. The number of piperidine rings is 1. The topological polar surface area (TPSA) is 100 Å². The van der Waals surface area contributed by atoms with Gasteiger partial charge in [-0.1, -0.05) is 31.5 Å². The molecule has 5 rings (SSSR count). The average molecular weight is 640 g/mol. The lowest BCUT2D eigenvalue weighted by Gasteiger charge is -2.32. The van der Waals surface area contributed by atoms with Crippen molar-refractivity contribution >= 4 is 35.2 Å². The van der Waals surface area contributed by atoms with E-state index in [9.17, 15) is 19.6 Å². The minimum absolute atomic E-state index is 0.0436. The summed E-state index contributed by atoms with van der Waals surface area (Å²) in [7, 11) is 0. The molecule has 3 aliphatic heterocycles. The fourth-order valence-corrected chi connectivity index (χ4v) is 7.56. The maximum atomic E-state index is 13.6. The van der Waals surface area contributed by atoms with Crippen molar-refractivity contribution in [2.75, 3.05) is 57.3 Å². The minimum atomic E-state index is -0.395. The molecular formula is C34H46ClN5O5. The van der Waals surface area contributed by atoms with Crippen molar-refractivity contribution in [3.63, 3.8) is 0 Å². The second kappa shape index (κ2) is 12.8.